The van der Waals surface area contributed by atoms with Crippen molar-refractivity contribution in [1.29, 1.82) is 0 Å². The van der Waals surface area contributed by atoms with Crippen LogP contribution in [0.2, 0.25) is 0 Å². The molecular weight excluding hydrogens is 430 g/mol. The average Bonchev–Trinajstić information content (AvgIpc) is 3.25. The van der Waals surface area contributed by atoms with E-state index in [1.54, 1.807) is 29.2 Å². The fourth-order valence-electron chi connectivity index (χ4n) is 4.48. The Morgan fingerprint density at radius 3 is 2.56 bits per heavy atom. The summed E-state index contributed by atoms with van der Waals surface area (Å²) in [5, 5.41) is 12.3. The minimum Gasteiger partial charge on any atom is -0.507 e. The van der Waals surface area contributed by atoms with Crippen molar-refractivity contribution in [3.63, 3.8) is 0 Å². The van der Waals surface area contributed by atoms with Gasteiger partial charge in [0.2, 0.25) is 0 Å². The Morgan fingerprint density at radius 1 is 1.12 bits per heavy atom. The van der Waals surface area contributed by atoms with E-state index in [-0.39, 0.29) is 17.4 Å². The summed E-state index contributed by atoms with van der Waals surface area (Å²) in [6, 6.07) is 14.2. The number of likely N-dealkylation sites (tertiary alicyclic amines) is 1. The molecule has 3 aromatic rings. The molecule has 2 aromatic carbocycles. The monoisotopic (exact) mass is 461 g/mol. The van der Waals surface area contributed by atoms with Gasteiger partial charge in [0.25, 0.3) is 11.7 Å². The number of nitrogens with zero attached hydrogens (tertiary/aromatic N) is 3. The fraction of sp³-hybridized carbons (Fsp3) is 0.333. The van der Waals surface area contributed by atoms with Crippen molar-refractivity contribution in [3.8, 4) is 5.75 Å². The van der Waals surface area contributed by atoms with E-state index in [1.807, 2.05) is 74.9 Å². The lowest BCUT2D eigenvalue weighted by Gasteiger charge is -2.26. The van der Waals surface area contributed by atoms with Crippen molar-refractivity contribution in [2.24, 2.45) is 7.05 Å². The summed E-state index contributed by atoms with van der Waals surface area (Å²) < 4.78 is 7.75. The number of para-hydroxylation sites is 1. The van der Waals surface area contributed by atoms with Gasteiger partial charge in [-0.05, 0) is 46.1 Å². The van der Waals surface area contributed by atoms with Gasteiger partial charge in [-0.2, -0.15) is 0 Å². The number of ketones is 1. The van der Waals surface area contributed by atoms with Crippen LogP contribution in [0.5, 0.6) is 5.75 Å². The number of aliphatic hydroxyl groups is 1. The van der Waals surface area contributed by atoms with Crippen LogP contribution in [0.4, 0.5) is 0 Å². The van der Waals surface area contributed by atoms with E-state index in [4.69, 9.17) is 4.74 Å². The number of Topliss-reactive ketones (excluding diaryl/α,β-unsaturated/α-hetero) is 1. The van der Waals surface area contributed by atoms with Gasteiger partial charge in [-0.3, -0.25) is 9.59 Å². The highest BCUT2D eigenvalue weighted by atomic mass is 16.5. The molecule has 7 heteroatoms. The third-order valence-electron chi connectivity index (χ3n) is 6.03. The number of hydrogen-bond acceptors (Lipinski definition) is 5. The van der Waals surface area contributed by atoms with Gasteiger partial charge in [-0.15, -0.1) is 0 Å². The highest BCUT2D eigenvalue weighted by Gasteiger charge is 2.46. The van der Waals surface area contributed by atoms with Crippen molar-refractivity contribution in [3.05, 3.63) is 71.4 Å². The summed E-state index contributed by atoms with van der Waals surface area (Å²) in [7, 11) is 5.78. The van der Waals surface area contributed by atoms with Crippen molar-refractivity contribution in [2.45, 2.75) is 26.0 Å². The molecule has 1 saturated heterocycles. The van der Waals surface area contributed by atoms with Crippen LogP contribution in [0.25, 0.3) is 16.7 Å². The van der Waals surface area contributed by atoms with Gasteiger partial charge in [-0.25, -0.2) is 0 Å². The molecule has 1 aliphatic heterocycles. The second-order valence-corrected chi connectivity index (χ2v) is 9.20. The Morgan fingerprint density at radius 2 is 1.85 bits per heavy atom. The highest BCUT2D eigenvalue weighted by Crippen LogP contribution is 2.42. The van der Waals surface area contributed by atoms with Gasteiger partial charge in [0.05, 0.1) is 17.7 Å². The molecule has 0 aliphatic carbocycles. The Bertz CT molecular complexity index is 1270. The van der Waals surface area contributed by atoms with Crippen molar-refractivity contribution in [1.82, 2.24) is 14.4 Å². The normalized spacial score (nSPS) is 18.0. The molecule has 1 fully saturated rings. The SMILES string of the molecule is CC(C)Oc1cccc(/C(O)=C2\C(=O)C(=O)N(CCN(C)C)C2c2cn(C)c3ccccc23)c1. The molecule has 0 bridgehead atoms. The number of carbonyl (C=O) groups is 2. The van der Waals surface area contributed by atoms with Gasteiger partial charge in [0, 0.05) is 48.4 Å². The van der Waals surface area contributed by atoms with Crippen LogP contribution in [-0.4, -0.2) is 64.5 Å². The van der Waals surface area contributed by atoms with Crippen LogP contribution >= 0.6 is 0 Å². The summed E-state index contributed by atoms with van der Waals surface area (Å²) in [4.78, 5) is 30.0. The number of hydrogen-bond donors (Lipinski definition) is 1. The predicted octanol–water partition coefficient (Wildman–Crippen LogP) is 3.95. The summed E-state index contributed by atoms with van der Waals surface area (Å²) in [6.07, 6.45) is 1.90. The summed E-state index contributed by atoms with van der Waals surface area (Å²) in [5.41, 5.74) is 2.34. The second kappa shape index (κ2) is 9.35. The molecule has 1 aromatic heterocycles. The lowest BCUT2D eigenvalue weighted by Crippen LogP contribution is -2.35. The quantitative estimate of drug-likeness (QED) is 0.328. The summed E-state index contributed by atoms with van der Waals surface area (Å²) >= 11 is 0. The van der Waals surface area contributed by atoms with Crippen LogP contribution in [-0.2, 0) is 16.6 Å². The number of aromatic nitrogens is 1. The molecular formula is C27H31N3O4. The number of aryl methyl sites for hydroxylation is 1. The van der Waals surface area contributed by atoms with Crippen LogP contribution < -0.4 is 4.74 Å². The van der Waals surface area contributed by atoms with E-state index in [2.05, 4.69) is 0 Å². The maximum Gasteiger partial charge on any atom is 0.295 e. The zero-order valence-electron chi connectivity index (χ0n) is 20.3. The minimum absolute atomic E-state index is 0.0373. The highest BCUT2D eigenvalue weighted by molar-refractivity contribution is 6.46. The third-order valence-corrected chi connectivity index (χ3v) is 6.03. The Labute approximate surface area is 199 Å². The number of likely N-dealkylation sites (N-methyl/N-ethyl adjacent to an activating group) is 1. The fourth-order valence-corrected chi connectivity index (χ4v) is 4.48. The first-order valence-electron chi connectivity index (χ1n) is 11.4. The lowest BCUT2D eigenvalue weighted by molar-refractivity contribution is -0.140. The number of fused-ring (bicyclic) bond motifs is 1. The molecule has 7 nitrogen and oxygen atoms in total. The zero-order chi connectivity index (χ0) is 24.6. The van der Waals surface area contributed by atoms with Gasteiger partial charge >= 0.3 is 0 Å². The van der Waals surface area contributed by atoms with Crippen LogP contribution in [0.15, 0.2) is 60.3 Å². The van der Waals surface area contributed by atoms with Crippen LogP contribution in [0.3, 0.4) is 0 Å². The Balaban J connectivity index is 1.90. The van der Waals surface area contributed by atoms with Crippen molar-refractivity contribution >= 4 is 28.4 Å². The van der Waals surface area contributed by atoms with Crippen LogP contribution in [0, 0.1) is 0 Å². The maximum atomic E-state index is 13.3. The second-order valence-electron chi connectivity index (χ2n) is 9.20. The number of ether oxygens (including phenoxy) is 1. The topological polar surface area (TPSA) is 75.0 Å². The smallest absolute Gasteiger partial charge is 0.295 e. The van der Waals surface area contributed by atoms with E-state index >= 15 is 0 Å². The molecule has 0 spiro atoms. The molecule has 1 N–H and O–H groups in total. The molecule has 1 unspecified atom stereocenters. The molecule has 34 heavy (non-hydrogen) atoms. The molecule has 1 amide bonds. The minimum atomic E-state index is -0.694. The third kappa shape index (κ3) is 4.31. The van der Waals surface area contributed by atoms with E-state index in [0.717, 1.165) is 16.5 Å². The maximum absolute atomic E-state index is 13.3. The summed E-state index contributed by atoms with van der Waals surface area (Å²) in [6.45, 7) is 4.79. The van der Waals surface area contributed by atoms with Gasteiger partial charge in [0.15, 0.2) is 0 Å². The van der Waals surface area contributed by atoms with Gasteiger partial charge in [0.1, 0.15) is 11.5 Å². The van der Waals surface area contributed by atoms with E-state index in [0.29, 0.717) is 24.4 Å². The Kier molecular flexibility index (Phi) is 6.48. The zero-order valence-corrected chi connectivity index (χ0v) is 20.3. The van der Waals surface area contributed by atoms with Gasteiger partial charge < -0.3 is 24.2 Å². The molecule has 2 heterocycles. The molecule has 1 atom stereocenters. The van der Waals surface area contributed by atoms with Gasteiger partial charge in [-0.1, -0.05) is 30.3 Å². The molecule has 4 rings (SSSR count). The molecule has 178 valence electrons. The van der Waals surface area contributed by atoms with E-state index in [1.165, 1.54) is 0 Å². The summed E-state index contributed by atoms with van der Waals surface area (Å²) in [5.74, 6) is -0.888. The first-order chi connectivity index (χ1) is 16.2. The van der Waals surface area contributed by atoms with Crippen molar-refractivity contribution < 1.29 is 19.4 Å². The first-order valence-corrected chi connectivity index (χ1v) is 11.4. The average molecular weight is 462 g/mol. The number of carbonyl (C=O) groups excluding carboxylic acids is 2. The molecule has 1 aliphatic rings. The van der Waals surface area contributed by atoms with Crippen molar-refractivity contribution in [2.75, 3.05) is 27.2 Å². The molecule has 0 radical (unpaired) electrons. The number of aliphatic hydroxyl groups excluding tert-OH is 1. The molecule has 0 saturated carbocycles. The van der Waals surface area contributed by atoms with Crippen LogP contribution in [0.1, 0.15) is 31.0 Å². The largest absolute Gasteiger partial charge is 0.507 e. The predicted molar refractivity (Wildman–Crippen MR) is 133 cm³/mol. The number of benzene rings is 2. The first kappa shape index (κ1) is 23.6. The number of amides is 1. The Hall–Kier alpha value is -3.58. The lowest BCUT2D eigenvalue weighted by atomic mass is 9.95. The number of rotatable bonds is 7. The van der Waals surface area contributed by atoms with E-state index < -0.39 is 17.7 Å². The standard InChI is InChI=1S/C27H31N3O4/c1-17(2)34-19-10-8-9-18(15-19)25(31)23-24(30(14-13-28(3)4)27(33)26(23)32)21-16-29(5)22-12-7-6-11-20(21)22/h6-12,15-17,24,31H,13-14H2,1-5H3/b25-23+. The van der Waals surface area contributed by atoms with E-state index in [9.17, 15) is 14.7 Å².